The third-order valence-electron chi connectivity index (χ3n) is 4.01. The van der Waals surface area contributed by atoms with Crippen LogP contribution in [0.4, 0.5) is 11.6 Å². The van der Waals surface area contributed by atoms with Gasteiger partial charge in [0.1, 0.15) is 12.0 Å². The number of aromatic nitrogens is 6. The van der Waals surface area contributed by atoms with Crippen LogP contribution in [-0.2, 0) is 4.74 Å². The van der Waals surface area contributed by atoms with E-state index in [-0.39, 0.29) is 0 Å². The number of H-pyrrole nitrogens is 1. The SMILES string of the molecule is COCCN1CCNc2ncc(-c3ccc(-c4ncn[nH]4)nc3)nc21. The van der Waals surface area contributed by atoms with E-state index in [1.165, 1.54) is 6.33 Å². The summed E-state index contributed by atoms with van der Waals surface area (Å²) in [6.45, 7) is 3.15. The van der Waals surface area contributed by atoms with Crippen molar-refractivity contribution in [2.24, 2.45) is 0 Å². The summed E-state index contributed by atoms with van der Waals surface area (Å²) in [5, 5.41) is 9.92. The molecule has 128 valence electrons. The molecule has 3 aromatic rings. The van der Waals surface area contributed by atoms with Crippen LogP contribution in [0.2, 0.25) is 0 Å². The Morgan fingerprint density at radius 2 is 2.12 bits per heavy atom. The lowest BCUT2D eigenvalue weighted by atomic mass is 10.2. The van der Waals surface area contributed by atoms with Crippen molar-refractivity contribution in [2.75, 3.05) is 43.6 Å². The predicted octanol–water partition coefficient (Wildman–Crippen LogP) is 1.20. The number of aromatic amines is 1. The molecule has 0 aromatic carbocycles. The average molecular weight is 338 g/mol. The Bertz CT molecular complexity index is 834. The van der Waals surface area contributed by atoms with Gasteiger partial charge in [-0.3, -0.25) is 10.1 Å². The lowest BCUT2D eigenvalue weighted by Crippen LogP contribution is -2.37. The summed E-state index contributed by atoms with van der Waals surface area (Å²) in [6, 6.07) is 3.84. The van der Waals surface area contributed by atoms with Crippen LogP contribution in [0.5, 0.6) is 0 Å². The second-order valence-corrected chi connectivity index (χ2v) is 5.60. The van der Waals surface area contributed by atoms with Gasteiger partial charge in [-0.2, -0.15) is 5.10 Å². The minimum Gasteiger partial charge on any atom is -0.383 e. The number of rotatable bonds is 5. The van der Waals surface area contributed by atoms with E-state index < -0.39 is 0 Å². The lowest BCUT2D eigenvalue weighted by Gasteiger charge is -2.30. The van der Waals surface area contributed by atoms with E-state index in [1.54, 1.807) is 19.5 Å². The quantitative estimate of drug-likeness (QED) is 0.715. The summed E-state index contributed by atoms with van der Waals surface area (Å²) in [5.41, 5.74) is 2.41. The van der Waals surface area contributed by atoms with Gasteiger partial charge < -0.3 is 15.0 Å². The molecule has 0 aliphatic carbocycles. The highest BCUT2D eigenvalue weighted by atomic mass is 16.5. The van der Waals surface area contributed by atoms with Crippen molar-refractivity contribution in [3.8, 4) is 22.8 Å². The number of methoxy groups -OCH3 is 1. The van der Waals surface area contributed by atoms with Crippen LogP contribution in [0.15, 0.2) is 30.9 Å². The van der Waals surface area contributed by atoms with E-state index >= 15 is 0 Å². The molecular weight excluding hydrogens is 320 g/mol. The van der Waals surface area contributed by atoms with Gasteiger partial charge in [0.2, 0.25) is 0 Å². The van der Waals surface area contributed by atoms with Crippen molar-refractivity contribution in [1.82, 2.24) is 30.1 Å². The summed E-state index contributed by atoms with van der Waals surface area (Å²) in [7, 11) is 1.70. The molecule has 4 heterocycles. The van der Waals surface area contributed by atoms with Crippen LogP contribution < -0.4 is 10.2 Å². The molecule has 0 atom stereocenters. The number of nitrogens with zero attached hydrogens (tertiary/aromatic N) is 6. The number of pyridine rings is 1. The Hall–Kier alpha value is -3.07. The first-order valence-electron chi connectivity index (χ1n) is 8.02. The second kappa shape index (κ2) is 6.81. The molecule has 0 bridgehead atoms. The Morgan fingerprint density at radius 3 is 2.88 bits per heavy atom. The van der Waals surface area contributed by atoms with E-state index in [1.807, 2.05) is 12.1 Å². The van der Waals surface area contributed by atoms with Gasteiger partial charge in [-0.1, -0.05) is 0 Å². The molecule has 25 heavy (non-hydrogen) atoms. The smallest absolute Gasteiger partial charge is 0.174 e. The summed E-state index contributed by atoms with van der Waals surface area (Å²) in [4.78, 5) is 20.0. The topological polar surface area (TPSA) is 105 Å². The van der Waals surface area contributed by atoms with Crippen LogP contribution in [0.1, 0.15) is 0 Å². The molecule has 0 fully saturated rings. The van der Waals surface area contributed by atoms with E-state index in [0.29, 0.717) is 12.4 Å². The summed E-state index contributed by atoms with van der Waals surface area (Å²) >= 11 is 0. The first-order chi connectivity index (χ1) is 12.3. The van der Waals surface area contributed by atoms with Crippen molar-refractivity contribution < 1.29 is 4.74 Å². The third kappa shape index (κ3) is 3.13. The fraction of sp³-hybridized carbons (Fsp3) is 0.312. The third-order valence-corrected chi connectivity index (χ3v) is 4.01. The van der Waals surface area contributed by atoms with Crippen LogP contribution in [0.3, 0.4) is 0 Å². The Morgan fingerprint density at radius 1 is 1.16 bits per heavy atom. The highest BCUT2D eigenvalue weighted by Crippen LogP contribution is 2.28. The van der Waals surface area contributed by atoms with Crippen molar-refractivity contribution in [3.63, 3.8) is 0 Å². The number of fused-ring (bicyclic) bond motifs is 1. The highest BCUT2D eigenvalue weighted by Gasteiger charge is 2.20. The number of hydrogen-bond acceptors (Lipinski definition) is 8. The zero-order valence-electron chi connectivity index (χ0n) is 13.8. The fourth-order valence-corrected chi connectivity index (χ4v) is 2.71. The maximum Gasteiger partial charge on any atom is 0.174 e. The van der Waals surface area contributed by atoms with E-state index in [0.717, 1.165) is 48.2 Å². The summed E-state index contributed by atoms with van der Waals surface area (Å²) < 4.78 is 5.19. The second-order valence-electron chi connectivity index (χ2n) is 5.60. The van der Waals surface area contributed by atoms with Crippen LogP contribution in [0.25, 0.3) is 22.8 Å². The molecule has 0 radical (unpaired) electrons. The van der Waals surface area contributed by atoms with Gasteiger partial charge in [0.05, 0.1) is 18.5 Å². The summed E-state index contributed by atoms with van der Waals surface area (Å²) in [5.74, 6) is 2.29. The number of anilines is 2. The van der Waals surface area contributed by atoms with Crippen molar-refractivity contribution in [3.05, 3.63) is 30.9 Å². The molecule has 4 rings (SSSR count). The minimum atomic E-state index is 0.637. The Balaban J connectivity index is 1.62. The normalized spacial score (nSPS) is 13.4. The van der Waals surface area contributed by atoms with Crippen LogP contribution >= 0.6 is 0 Å². The fourth-order valence-electron chi connectivity index (χ4n) is 2.71. The zero-order chi connectivity index (χ0) is 17.1. The molecule has 9 heteroatoms. The molecule has 3 aromatic heterocycles. The monoisotopic (exact) mass is 338 g/mol. The largest absolute Gasteiger partial charge is 0.383 e. The minimum absolute atomic E-state index is 0.637. The van der Waals surface area contributed by atoms with Gasteiger partial charge in [0.25, 0.3) is 0 Å². The predicted molar refractivity (Wildman–Crippen MR) is 93.2 cm³/mol. The maximum atomic E-state index is 5.19. The zero-order valence-corrected chi connectivity index (χ0v) is 13.8. The lowest BCUT2D eigenvalue weighted by molar-refractivity contribution is 0.205. The van der Waals surface area contributed by atoms with Crippen LogP contribution in [0, 0.1) is 0 Å². The molecular formula is C16H18N8O. The van der Waals surface area contributed by atoms with Gasteiger partial charge >= 0.3 is 0 Å². The van der Waals surface area contributed by atoms with E-state index in [9.17, 15) is 0 Å². The molecule has 1 aliphatic heterocycles. The average Bonchev–Trinajstić information content (AvgIpc) is 3.21. The summed E-state index contributed by atoms with van der Waals surface area (Å²) in [6.07, 6.45) is 4.99. The highest BCUT2D eigenvalue weighted by molar-refractivity contribution is 5.69. The maximum absolute atomic E-state index is 5.19. The van der Waals surface area contributed by atoms with Gasteiger partial charge in [0, 0.05) is 38.5 Å². The molecule has 0 saturated carbocycles. The number of hydrogen-bond donors (Lipinski definition) is 2. The first kappa shape index (κ1) is 15.5. The van der Waals surface area contributed by atoms with E-state index in [2.05, 4.69) is 35.4 Å². The van der Waals surface area contributed by atoms with Gasteiger partial charge in [-0.05, 0) is 12.1 Å². The first-order valence-corrected chi connectivity index (χ1v) is 8.02. The molecule has 0 spiro atoms. The number of ether oxygens (including phenoxy) is 1. The van der Waals surface area contributed by atoms with Crippen molar-refractivity contribution in [2.45, 2.75) is 0 Å². The van der Waals surface area contributed by atoms with Gasteiger partial charge in [-0.15, -0.1) is 0 Å². The standard InChI is InChI=1S/C16H18N8O/c1-25-7-6-24-5-4-17-15-16(24)22-13(9-19-15)11-2-3-12(18-8-11)14-20-10-21-23-14/h2-3,8-10H,4-7H2,1H3,(H,17,19)(H,20,21,23). The Labute approximate surface area is 144 Å². The molecule has 0 unspecified atom stereocenters. The molecule has 9 nitrogen and oxygen atoms in total. The van der Waals surface area contributed by atoms with E-state index in [4.69, 9.17) is 9.72 Å². The Kier molecular flexibility index (Phi) is 4.21. The van der Waals surface area contributed by atoms with Crippen molar-refractivity contribution >= 4 is 11.6 Å². The van der Waals surface area contributed by atoms with Crippen molar-refractivity contribution in [1.29, 1.82) is 0 Å². The molecule has 2 N–H and O–H groups in total. The molecule has 0 amide bonds. The van der Waals surface area contributed by atoms with Gasteiger partial charge in [0.15, 0.2) is 17.5 Å². The molecule has 0 saturated heterocycles. The van der Waals surface area contributed by atoms with Gasteiger partial charge in [-0.25, -0.2) is 15.0 Å². The molecule has 1 aliphatic rings. The number of nitrogens with one attached hydrogen (secondary N) is 2. The van der Waals surface area contributed by atoms with Crippen LogP contribution in [-0.4, -0.2) is 63.5 Å².